The van der Waals surface area contributed by atoms with Gasteiger partial charge >= 0.3 is 0 Å². The number of hydrogen-bond acceptors (Lipinski definition) is 4. The fourth-order valence-electron chi connectivity index (χ4n) is 6.82. The first kappa shape index (κ1) is 18.1. The van der Waals surface area contributed by atoms with Crippen LogP contribution in [0.3, 0.4) is 0 Å². The van der Waals surface area contributed by atoms with E-state index in [1.807, 2.05) is 48.9 Å². The lowest BCUT2D eigenvalue weighted by Crippen LogP contribution is -2.60. The van der Waals surface area contributed by atoms with Gasteiger partial charge in [-0.3, -0.25) is 9.48 Å². The van der Waals surface area contributed by atoms with Crippen LogP contribution in [-0.2, 0) is 7.05 Å². The Balaban J connectivity index is 1.37. The van der Waals surface area contributed by atoms with E-state index in [-0.39, 0.29) is 11.4 Å². The molecule has 0 aliphatic heterocycles. The fourth-order valence-corrected chi connectivity index (χ4v) is 6.82. The van der Waals surface area contributed by atoms with Gasteiger partial charge in [0.15, 0.2) is 11.3 Å². The molecule has 4 saturated carbocycles. The van der Waals surface area contributed by atoms with E-state index < -0.39 is 0 Å². The summed E-state index contributed by atoms with van der Waals surface area (Å²) in [5.74, 6) is 2.43. The maximum atomic E-state index is 13.6. The molecule has 3 aromatic heterocycles. The van der Waals surface area contributed by atoms with Crippen LogP contribution in [0, 0.1) is 24.7 Å². The van der Waals surface area contributed by atoms with Gasteiger partial charge in [-0.05, 0) is 69.3 Å². The average Bonchev–Trinajstić information content (AvgIpc) is 3.29. The number of carbonyl (C=O) groups excluding carboxylic acids is 1. The minimum absolute atomic E-state index is 0.0244. The molecular weight excluding hydrogens is 376 g/mol. The number of carbonyl (C=O) groups is 1. The van der Waals surface area contributed by atoms with Crippen molar-refractivity contribution >= 4 is 11.6 Å². The summed E-state index contributed by atoms with van der Waals surface area (Å²) in [5, 5.41) is 9.07. The molecular formula is C23H28N6O. The number of rotatable bonds is 3. The molecule has 7 rings (SSSR count). The first-order chi connectivity index (χ1) is 14.4. The summed E-state index contributed by atoms with van der Waals surface area (Å²) in [5.41, 5.74) is 4.16. The van der Waals surface area contributed by atoms with Gasteiger partial charge in [0.2, 0.25) is 0 Å². The highest BCUT2D eigenvalue weighted by Crippen LogP contribution is 2.57. The molecule has 7 heteroatoms. The normalized spacial score (nSPS) is 29.6. The highest BCUT2D eigenvalue weighted by Gasteiger charge is 2.54. The Labute approximate surface area is 176 Å². The molecule has 0 N–H and O–H groups in total. The maximum absolute atomic E-state index is 13.6. The third kappa shape index (κ3) is 2.50. The monoisotopic (exact) mass is 404 g/mol. The molecule has 0 radical (unpaired) electrons. The Morgan fingerprint density at radius 1 is 1.17 bits per heavy atom. The third-order valence-electron chi connectivity index (χ3n) is 8.11. The number of hydrogen-bond donors (Lipinski definition) is 0. The van der Waals surface area contributed by atoms with Gasteiger partial charge in [0, 0.05) is 43.2 Å². The Morgan fingerprint density at radius 2 is 1.83 bits per heavy atom. The van der Waals surface area contributed by atoms with Crippen molar-refractivity contribution in [3.05, 3.63) is 35.9 Å². The maximum Gasteiger partial charge on any atom is 0.274 e. The quantitative estimate of drug-likeness (QED) is 0.670. The van der Waals surface area contributed by atoms with Crippen LogP contribution in [0.1, 0.15) is 54.7 Å². The summed E-state index contributed by atoms with van der Waals surface area (Å²) in [4.78, 5) is 20.1. The molecule has 0 aromatic carbocycles. The van der Waals surface area contributed by atoms with Crippen molar-refractivity contribution in [2.45, 2.75) is 51.0 Å². The van der Waals surface area contributed by atoms with Gasteiger partial charge < -0.3 is 4.90 Å². The SMILES string of the molecule is Cc1c(-c2ccnc3cc(C(=O)N(C)C45CC6CC(CC(C6)C4)C5)nn23)cnn1C. The highest BCUT2D eigenvalue weighted by molar-refractivity contribution is 5.94. The van der Waals surface area contributed by atoms with Crippen molar-refractivity contribution in [3.63, 3.8) is 0 Å². The lowest BCUT2D eigenvalue weighted by molar-refractivity contribution is -0.0667. The first-order valence-electron chi connectivity index (χ1n) is 11.1. The predicted octanol–water partition coefficient (Wildman–Crippen LogP) is 3.48. The molecule has 156 valence electrons. The molecule has 0 saturated heterocycles. The second-order valence-electron chi connectivity index (χ2n) is 9.90. The van der Waals surface area contributed by atoms with Crippen LogP contribution in [0.2, 0.25) is 0 Å². The molecule has 0 atom stereocenters. The summed E-state index contributed by atoms with van der Waals surface area (Å²) in [6.07, 6.45) is 11.2. The average molecular weight is 405 g/mol. The lowest BCUT2D eigenvalue weighted by atomic mass is 9.52. The van der Waals surface area contributed by atoms with Crippen LogP contribution in [0.5, 0.6) is 0 Å². The zero-order chi connectivity index (χ0) is 20.6. The number of nitrogens with zero attached hydrogens (tertiary/aromatic N) is 6. The van der Waals surface area contributed by atoms with E-state index >= 15 is 0 Å². The van der Waals surface area contributed by atoms with Crippen molar-refractivity contribution in [1.82, 2.24) is 29.3 Å². The van der Waals surface area contributed by atoms with Crippen LogP contribution in [0.25, 0.3) is 16.9 Å². The summed E-state index contributed by atoms with van der Waals surface area (Å²) in [6, 6.07) is 3.76. The molecule has 4 fully saturated rings. The van der Waals surface area contributed by atoms with Gasteiger partial charge in [-0.15, -0.1) is 0 Å². The Morgan fingerprint density at radius 3 is 2.43 bits per heavy atom. The van der Waals surface area contributed by atoms with E-state index in [0.717, 1.165) is 54.0 Å². The van der Waals surface area contributed by atoms with Gasteiger partial charge in [0.25, 0.3) is 5.91 Å². The molecule has 3 heterocycles. The van der Waals surface area contributed by atoms with Crippen LogP contribution in [0.4, 0.5) is 0 Å². The fraction of sp³-hybridized carbons (Fsp3) is 0.565. The van der Waals surface area contributed by atoms with E-state index in [0.29, 0.717) is 11.3 Å². The van der Waals surface area contributed by atoms with Gasteiger partial charge in [0.1, 0.15) is 0 Å². The molecule has 0 unspecified atom stereocenters. The molecule has 3 aromatic rings. The topological polar surface area (TPSA) is 68.3 Å². The van der Waals surface area contributed by atoms with E-state index in [9.17, 15) is 4.79 Å². The van der Waals surface area contributed by atoms with Crippen molar-refractivity contribution in [1.29, 1.82) is 0 Å². The summed E-state index contributed by atoms with van der Waals surface area (Å²) in [7, 11) is 3.93. The van der Waals surface area contributed by atoms with Gasteiger partial charge in [0.05, 0.1) is 11.9 Å². The Bertz CT molecular complexity index is 1120. The second kappa shape index (κ2) is 6.15. The third-order valence-corrected chi connectivity index (χ3v) is 8.11. The van der Waals surface area contributed by atoms with E-state index in [2.05, 4.69) is 10.1 Å². The standard InChI is InChI=1S/C23H28N6O/c1-14-18(13-25-28(14)3)20-4-5-24-21-9-19(26-29(20)21)22(30)27(2)23-10-15-6-16(11-23)8-17(7-15)12-23/h4-5,9,13,15-17H,6-8,10-12H2,1-3H3. The minimum Gasteiger partial charge on any atom is -0.335 e. The van der Waals surface area contributed by atoms with E-state index in [1.54, 1.807) is 10.7 Å². The highest BCUT2D eigenvalue weighted by atomic mass is 16.2. The van der Waals surface area contributed by atoms with Crippen LogP contribution < -0.4 is 0 Å². The van der Waals surface area contributed by atoms with E-state index in [4.69, 9.17) is 5.10 Å². The summed E-state index contributed by atoms with van der Waals surface area (Å²) in [6.45, 7) is 2.03. The van der Waals surface area contributed by atoms with Gasteiger partial charge in [-0.2, -0.15) is 10.2 Å². The van der Waals surface area contributed by atoms with Crippen molar-refractivity contribution in [2.75, 3.05) is 7.05 Å². The Hall–Kier alpha value is -2.70. The van der Waals surface area contributed by atoms with Crippen LogP contribution in [0.15, 0.2) is 24.5 Å². The first-order valence-corrected chi connectivity index (χ1v) is 11.1. The van der Waals surface area contributed by atoms with Gasteiger partial charge in [-0.25, -0.2) is 9.50 Å². The largest absolute Gasteiger partial charge is 0.335 e. The molecule has 1 amide bonds. The molecule has 30 heavy (non-hydrogen) atoms. The summed E-state index contributed by atoms with van der Waals surface area (Å²) < 4.78 is 3.63. The van der Waals surface area contributed by atoms with Gasteiger partial charge in [-0.1, -0.05) is 0 Å². The number of aromatic nitrogens is 5. The van der Waals surface area contributed by atoms with Crippen molar-refractivity contribution < 1.29 is 4.79 Å². The minimum atomic E-state index is 0.0244. The molecule has 4 aliphatic carbocycles. The number of amides is 1. The Kier molecular flexibility index (Phi) is 3.71. The number of fused-ring (bicyclic) bond motifs is 1. The smallest absolute Gasteiger partial charge is 0.274 e. The summed E-state index contributed by atoms with van der Waals surface area (Å²) >= 11 is 0. The van der Waals surface area contributed by atoms with Crippen molar-refractivity contribution in [2.24, 2.45) is 24.8 Å². The molecule has 4 bridgehead atoms. The molecule has 7 nitrogen and oxygen atoms in total. The molecule has 4 aliphatic rings. The zero-order valence-electron chi connectivity index (χ0n) is 17.9. The lowest BCUT2D eigenvalue weighted by Gasteiger charge is -2.59. The van der Waals surface area contributed by atoms with E-state index in [1.165, 1.54) is 19.3 Å². The molecule has 0 spiro atoms. The van der Waals surface area contributed by atoms with Crippen LogP contribution in [-0.4, -0.2) is 47.8 Å². The second-order valence-corrected chi connectivity index (χ2v) is 9.90. The predicted molar refractivity (Wildman–Crippen MR) is 113 cm³/mol. The van der Waals surface area contributed by atoms with Crippen LogP contribution >= 0.6 is 0 Å². The number of aryl methyl sites for hydroxylation is 1. The van der Waals surface area contributed by atoms with Crippen molar-refractivity contribution in [3.8, 4) is 11.3 Å². The zero-order valence-corrected chi connectivity index (χ0v) is 17.9.